The average Bonchev–Trinajstić information content (AvgIpc) is 3.81. The van der Waals surface area contributed by atoms with Crippen LogP contribution in [0.3, 0.4) is 0 Å². The van der Waals surface area contributed by atoms with Crippen molar-refractivity contribution in [3.63, 3.8) is 0 Å². The number of phenols is 1. The number of hydrogen-bond acceptors (Lipinski definition) is 14. The monoisotopic (exact) mass is 751 g/mol. The molecule has 3 aliphatic rings. The fraction of sp³-hybridized carbons (Fsp3) is 0.636. The quantitative estimate of drug-likeness (QED) is 0.134. The number of nitrogens with one attached hydrogen (secondary N) is 4. The van der Waals surface area contributed by atoms with Crippen molar-refractivity contribution < 1.29 is 64.5 Å². The molecule has 294 valence electrons. The Balaban J connectivity index is 1.75. The number of phenolic OH excluding ortho intramolecular Hbond substituents is 1. The second-order valence-corrected chi connectivity index (χ2v) is 13.7. The summed E-state index contributed by atoms with van der Waals surface area (Å²) < 4.78 is 0. The van der Waals surface area contributed by atoms with Crippen molar-refractivity contribution in [2.24, 2.45) is 5.73 Å². The number of nitrogens with zero attached hydrogens (tertiary/aromatic N) is 2. The third-order valence-corrected chi connectivity index (χ3v) is 9.74. The van der Waals surface area contributed by atoms with Crippen molar-refractivity contribution in [3.05, 3.63) is 29.8 Å². The number of fused-ring (bicyclic) bond motifs is 2. The lowest BCUT2D eigenvalue weighted by Gasteiger charge is -2.34. The standard InChI is InChI=1S/C33H49N7O13/c1-14(41)22-32(52)39-11-3-5-19(39)28(48)37-24(26(46)25(45)16-7-9-17(43)10-8-16)31(51)36-23(15(2)42)33(53)40-12-4-6-20(40)29(49)38-30(50)21(44)13-18(34)27(47)35-22/h7-10,14-15,18-26,30,41-46,50H,3-6,11-13,34H2,1-2H3,(H,35,47)(H,36,51)(H,37,48)(H,38,49). The number of aliphatic hydroxyl groups excluding tert-OH is 6. The Bertz CT molecular complexity index is 1510. The zero-order valence-electron chi connectivity index (χ0n) is 29.2. The molecule has 1 aromatic carbocycles. The number of benzene rings is 1. The van der Waals surface area contributed by atoms with Crippen LogP contribution in [-0.2, 0) is 28.8 Å². The van der Waals surface area contributed by atoms with Crippen molar-refractivity contribution in [2.45, 2.75) is 119 Å². The van der Waals surface area contributed by atoms with E-state index in [-0.39, 0.29) is 43.7 Å². The number of rotatable bonds is 5. The van der Waals surface area contributed by atoms with E-state index in [0.717, 1.165) is 9.80 Å². The number of hydrogen-bond donors (Lipinski definition) is 12. The van der Waals surface area contributed by atoms with Crippen LogP contribution in [-0.4, -0.2) is 161 Å². The van der Waals surface area contributed by atoms with Crippen molar-refractivity contribution >= 4 is 35.4 Å². The van der Waals surface area contributed by atoms with E-state index in [2.05, 4.69) is 21.3 Å². The Kier molecular flexibility index (Phi) is 13.7. The summed E-state index contributed by atoms with van der Waals surface area (Å²) in [4.78, 5) is 83.7. The smallest absolute Gasteiger partial charge is 0.248 e. The van der Waals surface area contributed by atoms with Crippen LogP contribution in [0.5, 0.6) is 5.75 Å². The van der Waals surface area contributed by atoms with Gasteiger partial charge < -0.3 is 72.5 Å². The molecule has 4 rings (SSSR count). The van der Waals surface area contributed by atoms with Crippen LogP contribution in [0.15, 0.2) is 24.3 Å². The molecule has 3 heterocycles. The van der Waals surface area contributed by atoms with Crippen LogP contribution >= 0.6 is 0 Å². The molecule has 20 nitrogen and oxygen atoms in total. The zero-order chi connectivity index (χ0) is 39.3. The Morgan fingerprint density at radius 1 is 0.679 bits per heavy atom. The Hall–Kier alpha value is -4.44. The normalized spacial score (nSPS) is 32.2. The molecule has 0 bridgehead atoms. The third-order valence-electron chi connectivity index (χ3n) is 9.74. The minimum atomic E-state index is -2.12. The average molecular weight is 752 g/mol. The van der Waals surface area contributed by atoms with Gasteiger partial charge >= 0.3 is 0 Å². The van der Waals surface area contributed by atoms with E-state index in [4.69, 9.17) is 5.73 Å². The lowest BCUT2D eigenvalue weighted by atomic mass is 9.97. The number of aromatic hydroxyl groups is 1. The zero-order valence-corrected chi connectivity index (χ0v) is 29.2. The van der Waals surface area contributed by atoms with Gasteiger partial charge in [0.15, 0.2) is 6.23 Å². The van der Waals surface area contributed by atoms with E-state index in [1.807, 2.05) is 0 Å². The van der Waals surface area contributed by atoms with Crippen LogP contribution in [0.4, 0.5) is 0 Å². The molecule has 0 aliphatic carbocycles. The van der Waals surface area contributed by atoms with Gasteiger partial charge in [0.25, 0.3) is 0 Å². The maximum atomic E-state index is 13.9. The van der Waals surface area contributed by atoms with Crippen molar-refractivity contribution in [2.75, 3.05) is 13.1 Å². The van der Waals surface area contributed by atoms with Gasteiger partial charge in [0, 0.05) is 19.5 Å². The summed E-state index contributed by atoms with van der Waals surface area (Å²) in [5.41, 5.74) is 5.97. The summed E-state index contributed by atoms with van der Waals surface area (Å²) in [6, 6.07) is -4.65. The molecule has 3 saturated heterocycles. The van der Waals surface area contributed by atoms with Crippen LogP contribution in [0.1, 0.15) is 57.6 Å². The topological polar surface area (TPSA) is 325 Å². The van der Waals surface area contributed by atoms with E-state index in [0.29, 0.717) is 6.42 Å². The highest BCUT2D eigenvalue weighted by atomic mass is 16.3. The number of carbonyl (C=O) groups excluding carboxylic acids is 6. The largest absolute Gasteiger partial charge is 0.508 e. The van der Waals surface area contributed by atoms with Gasteiger partial charge in [0.05, 0.1) is 18.2 Å². The van der Waals surface area contributed by atoms with Crippen molar-refractivity contribution in [3.8, 4) is 5.75 Å². The van der Waals surface area contributed by atoms with Crippen molar-refractivity contribution in [1.82, 2.24) is 31.1 Å². The first kappa shape index (κ1) is 41.3. The molecule has 3 fully saturated rings. The first-order valence-electron chi connectivity index (χ1n) is 17.4. The van der Waals surface area contributed by atoms with Gasteiger partial charge in [0.1, 0.15) is 54.3 Å². The maximum absolute atomic E-state index is 13.9. The van der Waals surface area contributed by atoms with E-state index in [1.54, 1.807) is 0 Å². The fourth-order valence-electron chi connectivity index (χ4n) is 6.68. The van der Waals surface area contributed by atoms with E-state index < -0.39 is 115 Å². The van der Waals surface area contributed by atoms with Gasteiger partial charge in [-0.25, -0.2) is 0 Å². The molecule has 0 spiro atoms. The molecule has 0 saturated carbocycles. The van der Waals surface area contributed by atoms with Gasteiger partial charge in [-0.15, -0.1) is 0 Å². The number of amides is 6. The first-order valence-corrected chi connectivity index (χ1v) is 17.4. The summed E-state index contributed by atoms with van der Waals surface area (Å²) in [7, 11) is 0. The molecular weight excluding hydrogens is 702 g/mol. The van der Waals surface area contributed by atoms with Crippen LogP contribution in [0.25, 0.3) is 0 Å². The van der Waals surface area contributed by atoms with Gasteiger partial charge in [-0.2, -0.15) is 0 Å². The summed E-state index contributed by atoms with van der Waals surface area (Å²) >= 11 is 0. The Morgan fingerprint density at radius 2 is 1.13 bits per heavy atom. The molecule has 20 heteroatoms. The third kappa shape index (κ3) is 9.57. The summed E-state index contributed by atoms with van der Waals surface area (Å²) in [5, 5.41) is 83.5. The van der Waals surface area contributed by atoms with Gasteiger partial charge in [-0.05, 0) is 57.2 Å². The summed E-state index contributed by atoms with van der Waals surface area (Å²) in [5.74, 6) is -6.19. The minimum Gasteiger partial charge on any atom is -0.508 e. The number of aliphatic hydroxyl groups is 6. The van der Waals surface area contributed by atoms with Gasteiger partial charge in [0.2, 0.25) is 35.4 Å². The van der Waals surface area contributed by atoms with Gasteiger partial charge in [-0.1, -0.05) is 12.1 Å². The molecular formula is C33H49N7O13. The Morgan fingerprint density at radius 3 is 1.62 bits per heavy atom. The fourth-order valence-corrected chi connectivity index (χ4v) is 6.68. The minimum absolute atomic E-state index is 0.0158. The lowest BCUT2D eigenvalue weighted by molar-refractivity contribution is -0.147. The second-order valence-electron chi connectivity index (χ2n) is 13.7. The molecule has 3 aliphatic heterocycles. The summed E-state index contributed by atoms with van der Waals surface area (Å²) in [6.45, 7) is 2.32. The molecule has 12 unspecified atom stereocenters. The van der Waals surface area contributed by atoms with Crippen LogP contribution in [0.2, 0.25) is 0 Å². The molecule has 0 aromatic heterocycles. The van der Waals surface area contributed by atoms with Gasteiger partial charge in [-0.3, -0.25) is 28.8 Å². The molecule has 13 N–H and O–H groups in total. The SMILES string of the molecule is CC(O)C1NC(=O)C(N)CC(O)C(O)NC(=O)C2CCCN2C(=O)C(C(C)O)NC(=O)C(C(O)C(O)c2ccc(O)cc2)NC(=O)C2CCCN2C1=O. The Labute approximate surface area is 304 Å². The highest BCUT2D eigenvalue weighted by Gasteiger charge is 2.45. The molecule has 6 amide bonds. The number of carbonyl (C=O) groups is 6. The van der Waals surface area contributed by atoms with Crippen LogP contribution < -0.4 is 27.0 Å². The molecule has 1 aromatic rings. The van der Waals surface area contributed by atoms with Crippen molar-refractivity contribution in [1.29, 1.82) is 0 Å². The molecule has 53 heavy (non-hydrogen) atoms. The van der Waals surface area contributed by atoms with Crippen LogP contribution in [0, 0.1) is 0 Å². The van der Waals surface area contributed by atoms with E-state index in [9.17, 15) is 64.5 Å². The first-order chi connectivity index (χ1) is 24.9. The summed E-state index contributed by atoms with van der Waals surface area (Å²) in [6.07, 6.45) is -10.8. The highest BCUT2D eigenvalue weighted by molar-refractivity contribution is 5.97. The predicted octanol–water partition coefficient (Wildman–Crippen LogP) is -5.49. The molecule has 0 radical (unpaired) electrons. The number of nitrogens with two attached hydrogens (primary N) is 1. The second kappa shape index (κ2) is 17.6. The predicted molar refractivity (Wildman–Crippen MR) is 180 cm³/mol. The van der Waals surface area contributed by atoms with E-state index >= 15 is 0 Å². The molecule has 12 atom stereocenters. The van der Waals surface area contributed by atoms with E-state index in [1.165, 1.54) is 38.1 Å². The lowest BCUT2D eigenvalue weighted by Crippen LogP contribution is -2.64. The highest BCUT2D eigenvalue weighted by Crippen LogP contribution is 2.25. The maximum Gasteiger partial charge on any atom is 0.248 e.